The van der Waals surface area contributed by atoms with E-state index in [0.29, 0.717) is 13.0 Å². The average molecular weight is 579 g/mol. The number of carbonyl (C=O) groups excluding carboxylic acids is 2. The van der Waals surface area contributed by atoms with Crippen molar-refractivity contribution in [2.75, 3.05) is 13.2 Å². The summed E-state index contributed by atoms with van der Waals surface area (Å²) in [6.07, 6.45) is 2.86. The van der Waals surface area contributed by atoms with Gasteiger partial charge in [-0.05, 0) is 73.4 Å². The number of esters is 2. The lowest BCUT2D eigenvalue weighted by atomic mass is 10.0. The van der Waals surface area contributed by atoms with Gasteiger partial charge in [-0.2, -0.15) is 0 Å². The van der Waals surface area contributed by atoms with Gasteiger partial charge < -0.3 is 18.8 Å². The van der Waals surface area contributed by atoms with E-state index in [2.05, 4.69) is 53.1 Å². The molecule has 1 aromatic heterocycles. The number of aryl methyl sites for hydroxylation is 1. The molecule has 0 aliphatic rings. The van der Waals surface area contributed by atoms with Gasteiger partial charge in [-0.1, -0.05) is 73.5 Å². The minimum Gasteiger partial charge on any atom is -0.489 e. The first kappa shape index (κ1) is 29.8. The Kier molecular flexibility index (Phi) is 10.1. The number of hydrogen-bond acceptors (Lipinski definition) is 6. The summed E-state index contributed by atoms with van der Waals surface area (Å²) in [5, 5.41) is 2.22. The van der Waals surface area contributed by atoms with E-state index in [-0.39, 0.29) is 13.2 Å². The fraction of sp³-hybridized carbons (Fsp3) is 0.306. The van der Waals surface area contributed by atoms with Crippen molar-refractivity contribution in [2.24, 2.45) is 5.92 Å². The van der Waals surface area contributed by atoms with Crippen LogP contribution >= 0.6 is 0 Å². The van der Waals surface area contributed by atoms with Crippen LogP contribution in [0.15, 0.2) is 91.0 Å². The molecule has 0 atom stereocenters. The maximum Gasteiger partial charge on any atom is 0.320 e. The third-order valence-electron chi connectivity index (χ3n) is 7.49. The van der Waals surface area contributed by atoms with Gasteiger partial charge in [0.05, 0.1) is 24.2 Å². The number of benzene rings is 4. The summed E-state index contributed by atoms with van der Waals surface area (Å²) in [5.74, 6) is -0.121. The molecule has 0 amide bonds. The predicted molar refractivity (Wildman–Crippen MR) is 169 cm³/mol. The molecular weight excluding hydrogens is 540 g/mol. The Morgan fingerprint density at radius 3 is 2.23 bits per heavy atom. The van der Waals surface area contributed by atoms with Crippen LogP contribution in [0.2, 0.25) is 0 Å². The molecule has 7 heteroatoms. The van der Waals surface area contributed by atoms with E-state index in [4.69, 9.17) is 19.2 Å². The SMILES string of the molecule is CCOC(=O)C(CCCCCn1c(-c2ccc3cc(OCc4ccccc4)ccc3c2)nc2ccccc21)C(=O)OCC. The van der Waals surface area contributed by atoms with Crippen molar-refractivity contribution < 1.29 is 23.8 Å². The van der Waals surface area contributed by atoms with Crippen molar-refractivity contribution >= 4 is 33.7 Å². The molecule has 0 aliphatic heterocycles. The van der Waals surface area contributed by atoms with Crippen LogP contribution in [-0.4, -0.2) is 34.7 Å². The molecule has 0 aliphatic carbocycles. The number of aromatic nitrogens is 2. The monoisotopic (exact) mass is 578 g/mol. The van der Waals surface area contributed by atoms with Crippen molar-refractivity contribution in [2.45, 2.75) is 52.7 Å². The zero-order valence-electron chi connectivity index (χ0n) is 24.8. The molecular formula is C36H38N2O5. The van der Waals surface area contributed by atoms with Crippen molar-refractivity contribution in [3.63, 3.8) is 0 Å². The highest BCUT2D eigenvalue weighted by atomic mass is 16.6. The number of fused-ring (bicyclic) bond motifs is 2. The standard InChI is InChI=1S/C36H38N2O5/c1-3-41-35(39)31(36(40)42-4-2)15-9-6-12-22-38-33-17-11-10-16-32(33)37-34(38)29-19-18-28-24-30(21-20-27(28)23-29)43-25-26-13-7-5-8-14-26/h5,7-8,10-11,13-14,16-21,23-24,31H,3-4,6,9,12,15,22,25H2,1-2H3. The lowest BCUT2D eigenvalue weighted by Gasteiger charge is -2.14. The number of ether oxygens (including phenoxy) is 3. The van der Waals surface area contributed by atoms with Gasteiger partial charge in [-0.25, -0.2) is 4.98 Å². The van der Waals surface area contributed by atoms with Crippen LogP contribution in [-0.2, 0) is 32.2 Å². The molecule has 1 heterocycles. The van der Waals surface area contributed by atoms with E-state index in [1.807, 2.05) is 42.5 Å². The first-order valence-electron chi connectivity index (χ1n) is 15.1. The number of unbranched alkanes of at least 4 members (excludes halogenated alkanes) is 2. The molecule has 5 rings (SSSR count). The van der Waals surface area contributed by atoms with Crippen LogP contribution in [0.3, 0.4) is 0 Å². The molecule has 0 saturated carbocycles. The summed E-state index contributed by atoms with van der Waals surface area (Å²) in [6.45, 7) is 5.25. The second kappa shape index (κ2) is 14.5. The van der Waals surface area contributed by atoms with Gasteiger partial charge in [0.1, 0.15) is 18.2 Å². The fourth-order valence-electron chi connectivity index (χ4n) is 5.33. The number of rotatable bonds is 14. The van der Waals surface area contributed by atoms with Crippen LogP contribution in [0, 0.1) is 5.92 Å². The van der Waals surface area contributed by atoms with Gasteiger partial charge in [-0.15, -0.1) is 0 Å². The molecule has 0 N–H and O–H groups in total. The molecule has 0 bridgehead atoms. The molecule has 5 aromatic rings. The molecule has 0 fully saturated rings. The lowest BCUT2D eigenvalue weighted by Crippen LogP contribution is -2.28. The van der Waals surface area contributed by atoms with E-state index in [9.17, 15) is 9.59 Å². The lowest BCUT2D eigenvalue weighted by molar-refractivity contribution is -0.161. The van der Waals surface area contributed by atoms with Crippen LogP contribution in [0.1, 0.15) is 45.1 Å². The maximum atomic E-state index is 12.3. The molecule has 43 heavy (non-hydrogen) atoms. The number of carbonyl (C=O) groups is 2. The molecule has 0 saturated heterocycles. The largest absolute Gasteiger partial charge is 0.489 e. The zero-order chi connectivity index (χ0) is 30.0. The minimum absolute atomic E-state index is 0.239. The first-order chi connectivity index (χ1) is 21.1. The van der Waals surface area contributed by atoms with E-state index < -0.39 is 17.9 Å². The number of para-hydroxylation sites is 2. The topological polar surface area (TPSA) is 79.7 Å². The quantitative estimate of drug-likeness (QED) is 0.0762. The second-order valence-corrected chi connectivity index (χ2v) is 10.5. The third kappa shape index (κ3) is 7.41. The number of hydrogen-bond donors (Lipinski definition) is 0. The van der Waals surface area contributed by atoms with Gasteiger partial charge in [0.2, 0.25) is 0 Å². The summed E-state index contributed by atoms with van der Waals surface area (Å²) in [5.41, 5.74) is 4.21. The Hall–Kier alpha value is -4.65. The van der Waals surface area contributed by atoms with Crippen LogP contribution in [0.5, 0.6) is 5.75 Å². The minimum atomic E-state index is -0.869. The maximum absolute atomic E-state index is 12.3. The Balaban J connectivity index is 1.28. The number of nitrogens with zero attached hydrogens (tertiary/aromatic N) is 2. The van der Waals surface area contributed by atoms with E-state index in [0.717, 1.165) is 70.3 Å². The first-order valence-corrected chi connectivity index (χ1v) is 15.1. The molecule has 0 unspecified atom stereocenters. The fourth-order valence-corrected chi connectivity index (χ4v) is 5.33. The van der Waals surface area contributed by atoms with Gasteiger partial charge >= 0.3 is 11.9 Å². The normalized spacial score (nSPS) is 11.2. The molecule has 4 aromatic carbocycles. The van der Waals surface area contributed by atoms with Gasteiger partial charge in [0.15, 0.2) is 5.92 Å². The Morgan fingerprint density at radius 1 is 0.767 bits per heavy atom. The molecule has 0 radical (unpaired) electrons. The summed E-state index contributed by atoms with van der Waals surface area (Å²) >= 11 is 0. The van der Waals surface area contributed by atoms with Crippen LogP contribution < -0.4 is 4.74 Å². The average Bonchev–Trinajstić information content (AvgIpc) is 3.40. The van der Waals surface area contributed by atoms with Crippen molar-refractivity contribution in [1.29, 1.82) is 0 Å². The molecule has 7 nitrogen and oxygen atoms in total. The van der Waals surface area contributed by atoms with Gasteiger partial charge in [-0.3, -0.25) is 9.59 Å². The van der Waals surface area contributed by atoms with E-state index >= 15 is 0 Å². The zero-order valence-corrected chi connectivity index (χ0v) is 24.8. The Bertz CT molecular complexity index is 1660. The van der Waals surface area contributed by atoms with Crippen molar-refractivity contribution in [3.05, 3.63) is 96.6 Å². The molecule has 0 spiro atoms. The van der Waals surface area contributed by atoms with Crippen LogP contribution in [0.4, 0.5) is 0 Å². The van der Waals surface area contributed by atoms with E-state index in [1.54, 1.807) is 13.8 Å². The smallest absolute Gasteiger partial charge is 0.320 e. The highest BCUT2D eigenvalue weighted by molar-refractivity contribution is 5.95. The van der Waals surface area contributed by atoms with Gasteiger partial charge in [0, 0.05) is 12.1 Å². The van der Waals surface area contributed by atoms with Crippen molar-refractivity contribution in [1.82, 2.24) is 9.55 Å². The highest BCUT2D eigenvalue weighted by Gasteiger charge is 2.28. The van der Waals surface area contributed by atoms with Crippen molar-refractivity contribution in [3.8, 4) is 17.1 Å². The summed E-state index contributed by atoms with van der Waals surface area (Å²) < 4.78 is 18.5. The number of imidazole rings is 1. The summed E-state index contributed by atoms with van der Waals surface area (Å²) in [4.78, 5) is 29.6. The Labute approximate surface area is 252 Å². The third-order valence-corrected chi connectivity index (χ3v) is 7.49. The summed E-state index contributed by atoms with van der Waals surface area (Å²) in [7, 11) is 0. The van der Waals surface area contributed by atoms with Crippen LogP contribution in [0.25, 0.3) is 33.2 Å². The Morgan fingerprint density at radius 2 is 1.47 bits per heavy atom. The van der Waals surface area contributed by atoms with E-state index in [1.165, 1.54) is 0 Å². The van der Waals surface area contributed by atoms with Gasteiger partial charge in [0.25, 0.3) is 0 Å². The highest BCUT2D eigenvalue weighted by Crippen LogP contribution is 2.30. The summed E-state index contributed by atoms with van der Waals surface area (Å²) in [6, 6.07) is 30.9. The second-order valence-electron chi connectivity index (χ2n) is 10.5. The molecule has 222 valence electrons. The predicted octanol–water partition coefficient (Wildman–Crippen LogP) is 7.74.